The third-order valence-electron chi connectivity index (χ3n) is 2.78. The van der Waals surface area contributed by atoms with E-state index in [1.165, 1.54) is 0 Å². The standard InChI is InChI=1S/C12H12N4O2S/c1-8-10(4-5-17-8)11-13-14-12(16(11)2)19-7-9-3-6-18-15-9/h3-6H,7H2,1-2H3. The molecule has 98 valence electrons. The molecule has 0 atom stereocenters. The zero-order valence-electron chi connectivity index (χ0n) is 10.5. The Labute approximate surface area is 113 Å². The predicted molar refractivity (Wildman–Crippen MR) is 69.5 cm³/mol. The third kappa shape index (κ3) is 2.28. The van der Waals surface area contributed by atoms with Crippen LogP contribution in [0.1, 0.15) is 11.5 Å². The topological polar surface area (TPSA) is 69.9 Å². The van der Waals surface area contributed by atoms with Crippen molar-refractivity contribution >= 4 is 11.8 Å². The predicted octanol–water partition coefficient (Wildman–Crippen LogP) is 2.66. The molecule has 3 rings (SSSR count). The van der Waals surface area contributed by atoms with Crippen LogP contribution in [0, 0.1) is 6.92 Å². The highest BCUT2D eigenvalue weighted by Gasteiger charge is 2.14. The maximum Gasteiger partial charge on any atom is 0.191 e. The molecule has 0 radical (unpaired) electrons. The zero-order chi connectivity index (χ0) is 13.2. The van der Waals surface area contributed by atoms with Gasteiger partial charge in [0.15, 0.2) is 11.0 Å². The van der Waals surface area contributed by atoms with Gasteiger partial charge in [0.1, 0.15) is 12.0 Å². The lowest BCUT2D eigenvalue weighted by atomic mass is 10.2. The Morgan fingerprint density at radius 3 is 2.84 bits per heavy atom. The summed E-state index contributed by atoms with van der Waals surface area (Å²) in [5.41, 5.74) is 1.84. The molecular weight excluding hydrogens is 264 g/mol. The summed E-state index contributed by atoms with van der Waals surface area (Å²) in [4.78, 5) is 0. The molecule has 0 bridgehead atoms. The first-order valence-electron chi connectivity index (χ1n) is 5.71. The van der Waals surface area contributed by atoms with Crippen molar-refractivity contribution < 1.29 is 8.94 Å². The van der Waals surface area contributed by atoms with Gasteiger partial charge in [0.2, 0.25) is 0 Å². The van der Waals surface area contributed by atoms with E-state index in [2.05, 4.69) is 15.4 Å². The second-order valence-electron chi connectivity index (χ2n) is 4.04. The van der Waals surface area contributed by atoms with Gasteiger partial charge in [-0.05, 0) is 13.0 Å². The molecule has 0 unspecified atom stereocenters. The molecule has 19 heavy (non-hydrogen) atoms. The van der Waals surface area contributed by atoms with E-state index in [4.69, 9.17) is 8.94 Å². The maximum atomic E-state index is 5.29. The van der Waals surface area contributed by atoms with Gasteiger partial charge in [-0.15, -0.1) is 10.2 Å². The van der Waals surface area contributed by atoms with E-state index < -0.39 is 0 Å². The average molecular weight is 276 g/mol. The van der Waals surface area contributed by atoms with Crippen molar-refractivity contribution in [1.29, 1.82) is 0 Å². The number of thioether (sulfide) groups is 1. The summed E-state index contributed by atoms with van der Waals surface area (Å²) >= 11 is 1.56. The monoisotopic (exact) mass is 276 g/mol. The van der Waals surface area contributed by atoms with Gasteiger partial charge in [-0.1, -0.05) is 16.9 Å². The first-order valence-corrected chi connectivity index (χ1v) is 6.70. The first kappa shape index (κ1) is 12.0. The van der Waals surface area contributed by atoms with E-state index in [1.54, 1.807) is 24.3 Å². The van der Waals surface area contributed by atoms with E-state index in [1.807, 2.05) is 30.7 Å². The molecule has 3 aromatic heterocycles. The molecule has 0 aliphatic rings. The lowest BCUT2D eigenvalue weighted by Gasteiger charge is -2.01. The molecule has 3 aromatic rings. The van der Waals surface area contributed by atoms with Crippen molar-refractivity contribution in [3.63, 3.8) is 0 Å². The van der Waals surface area contributed by atoms with E-state index in [0.29, 0.717) is 5.75 Å². The van der Waals surface area contributed by atoms with E-state index in [-0.39, 0.29) is 0 Å². The van der Waals surface area contributed by atoms with Gasteiger partial charge in [-0.3, -0.25) is 0 Å². The highest BCUT2D eigenvalue weighted by Crippen LogP contribution is 2.27. The Balaban J connectivity index is 1.81. The Kier molecular flexibility index (Phi) is 3.12. The van der Waals surface area contributed by atoms with E-state index >= 15 is 0 Å². The van der Waals surface area contributed by atoms with Crippen LogP contribution in [0.5, 0.6) is 0 Å². The van der Waals surface area contributed by atoms with Crippen molar-refractivity contribution in [3.05, 3.63) is 36.1 Å². The second kappa shape index (κ2) is 4.93. The van der Waals surface area contributed by atoms with Crippen LogP contribution in [0.15, 0.2) is 38.8 Å². The van der Waals surface area contributed by atoms with E-state index in [9.17, 15) is 0 Å². The largest absolute Gasteiger partial charge is 0.469 e. The van der Waals surface area contributed by atoms with Crippen molar-refractivity contribution in [2.45, 2.75) is 17.8 Å². The number of hydrogen-bond acceptors (Lipinski definition) is 6. The number of hydrogen-bond donors (Lipinski definition) is 0. The second-order valence-corrected chi connectivity index (χ2v) is 4.98. The first-order chi connectivity index (χ1) is 9.25. The summed E-state index contributed by atoms with van der Waals surface area (Å²) in [5, 5.41) is 13.1. The van der Waals surface area contributed by atoms with Gasteiger partial charge < -0.3 is 13.5 Å². The highest BCUT2D eigenvalue weighted by molar-refractivity contribution is 7.98. The lowest BCUT2D eigenvalue weighted by molar-refractivity contribution is 0.414. The number of nitrogens with zero attached hydrogens (tertiary/aromatic N) is 4. The van der Waals surface area contributed by atoms with Gasteiger partial charge in [0.05, 0.1) is 17.5 Å². The van der Waals surface area contributed by atoms with Gasteiger partial charge >= 0.3 is 0 Å². The molecule has 0 spiro atoms. The van der Waals surface area contributed by atoms with Crippen LogP contribution < -0.4 is 0 Å². The molecule has 0 aliphatic heterocycles. The van der Waals surface area contributed by atoms with Crippen molar-refractivity contribution in [1.82, 2.24) is 19.9 Å². The molecule has 0 fully saturated rings. The summed E-state index contributed by atoms with van der Waals surface area (Å²) in [7, 11) is 1.94. The molecule has 0 saturated carbocycles. The third-order valence-corrected chi connectivity index (χ3v) is 3.83. The molecule has 6 nitrogen and oxygen atoms in total. The summed E-state index contributed by atoms with van der Waals surface area (Å²) in [6.45, 7) is 1.91. The van der Waals surface area contributed by atoms with Crippen LogP contribution in [0.3, 0.4) is 0 Å². The zero-order valence-corrected chi connectivity index (χ0v) is 11.3. The fourth-order valence-corrected chi connectivity index (χ4v) is 2.55. The van der Waals surface area contributed by atoms with Crippen LogP contribution >= 0.6 is 11.8 Å². The van der Waals surface area contributed by atoms with E-state index in [0.717, 1.165) is 28.0 Å². The Morgan fingerprint density at radius 1 is 1.26 bits per heavy atom. The Bertz CT molecular complexity index is 672. The van der Waals surface area contributed by atoms with Crippen LogP contribution in [0.25, 0.3) is 11.4 Å². The summed E-state index contributed by atoms with van der Waals surface area (Å²) < 4.78 is 12.0. The highest BCUT2D eigenvalue weighted by atomic mass is 32.2. The Morgan fingerprint density at radius 2 is 2.16 bits per heavy atom. The fourth-order valence-electron chi connectivity index (χ4n) is 1.74. The number of rotatable bonds is 4. The molecule has 3 heterocycles. The molecule has 0 aliphatic carbocycles. The molecule has 0 N–H and O–H groups in total. The van der Waals surface area contributed by atoms with Crippen LogP contribution in [-0.4, -0.2) is 19.9 Å². The fraction of sp³-hybridized carbons (Fsp3) is 0.250. The molecule has 0 saturated heterocycles. The van der Waals surface area contributed by atoms with Crippen LogP contribution in [-0.2, 0) is 12.8 Å². The molecule has 0 aromatic carbocycles. The summed E-state index contributed by atoms with van der Waals surface area (Å²) in [6, 6.07) is 3.73. The molecular formula is C12H12N4O2S. The molecule has 0 amide bonds. The Hall–Kier alpha value is -2.02. The molecule has 7 heteroatoms. The van der Waals surface area contributed by atoms with Gasteiger partial charge in [0.25, 0.3) is 0 Å². The van der Waals surface area contributed by atoms with Gasteiger partial charge in [-0.25, -0.2) is 0 Å². The van der Waals surface area contributed by atoms with Gasteiger partial charge in [0, 0.05) is 18.9 Å². The number of aromatic nitrogens is 4. The SMILES string of the molecule is Cc1occc1-c1nnc(SCc2ccon2)n1C. The van der Waals surface area contributed by atoms with Crippen molar-refractivity contribution in [3.8, 4) is 11.4 Å². The van der Waals surface area contributed by atoms with Crippen molar-refractivity contribution in [2.24, 2.45) is 7.05 Å². The quantitative estimate of drug-likeness (QED) is 0.682. The minimum Gasteiger partial charge on any atom is -0.469 e. The average Bonchev–Trinajstić information content (AvgIpc) is 3.09. The minimum atomic E-state index is 0.701. The summed E-state index contributed by atoms with van der Waals surface area (Å²) in [6.07, 6.45) is 3.22. The van der Waals surface area contributed by atoms with Crippen LogP contribution in [0.2, 0.25) is 0 Å². The van der Waals surface area contributed by atoms with Gasteiger partial charge in [-0.2, -0.15) is 0 Å². The number of aryl methyl sites for hydroxylation is 1. The normalized spacial score (nSPS) is 11.1. The lowest BCUT2D eigenvalue weighted by Crippen LogP contribution is -1.95. The minimum absolute atomic E-state index is 0.701. The van der Waals surface area contributed by atoms with Crippen LogP contribution in [0.4, 0.5) is 0 Å². The smallest absolute Gasteiger partial charge is 0.191 e. The van der Waals surface area contributed by atoms with Crippen molar-refractivity contribution in [2.75, 3.05) is 0 Å². The summed E-state index contributed by atoms with van der Waals surface area (Å²) in [5.74, 6) is 2.34. The maximum absolute atomic E-state index is 5.29. The number of furan rings is 1.